The van der Waals surface area contributed by atoms with Gasteiger partial charge in [0.1, 0.15) is 11.9 Å². The van der Waals surface area contributed by atoms with Gasteiger partial charge in [0.2, 0.25) is 11.8 Å². The van der Waals surface area contributed by atoms with Gasteiger partial charge < -0.3 is 10.2 Å². The number of hydrogen-bond acceptors (Lipinski definition) is 3. The summed E-state index contributed by atoms with van der Waals surface area (Å²) in [5.41, 5.74) is 1.30. The molecule has 0 spiro atoms. The molecule has 0 saturated heterocycles. The summed E-state index contributed by atoms with van der Waals surface area (Å²) in [5.74, 6) is 0.0696. The summed E-state index contributed by atoms with van der Waals surface area (Å²) < 4.78 is 13.3. The fourth-order valence-corrected chi connectivity index (χ4v) is 4.31. The molecular formula is C24H29Cl2FN2O2S. The highest BCUT2D eigenvalue weighted by atomic mass is 35.5. The lowest BCUT2D eigenvalue weighted by atomic mass is 10.1. The van der Waals surface area contributed by atoms with Crippen LogP contribution in [-0.4, -0.2) is 34.0 Å². The van der Waals surface area contributed by atoms with E-state index in [4.69, 9.17) is 23.2 Å². The molecule has 1 atom stereocenters. The predicted molar refractivity (Wildman–Crippen MR) is 132 cm³/mol. The van der Waals surface area contributed by atoms with Gasteiger partial charge in [-0.3, -0.25) is 9.59 Å². The molecule has 1 N–H and O–H groups in total. The van der Waals surface area contributed by atoms with E-state index in [1.807, 2.05) is 33.8 Å². The largest absolute Gasteiger partial charge is 0.350 e. The number of carbonyl (C=O) groups is 2. The fourth-order valence-electron chi connectivity index (χ4n) is 3.13. The molecule has 0 aromatic heterocycles. The molecule has 2 aromatic rings. The average molecular weight is 499 g/mol. The number of nitrogens with zero attached hydrogens (tertiary/aromatic N) is 1. The summed E-state index contributed by atoms with van der Waals surface area (Å²) in [7, 11) is 0. The van der Waals surface area contributed by atoms with Crippen molar-refractivity contribution >= 4 is 46.8 Å². The molecule has 4 nitrogen and oxygen atoms in total. The van der Waals surface area contributed by atoms with E-state index in [1.54, 1.807) is 29.2 Å². The Kier molecular flexibility index (Phi) is 9.86. The van der Waals surface area contributed by atoms with E-state index in [2.05, 4.69) is 5.32 Å². The normalized spacial score (nSPS) is 12.3. The molecule has 32 heavy (non-hydrogen) atoms. The first-order valence-electron chi connectivity index (χ1n) is 10.4. The van der Waals surface area contributed by atoms with Crippen LogP contribution in [0.1, 0.15) is 45.2 Å². The van der Waals surface area contributed by atoms with Gasteiger partial charge in [0.25, 0.3) is 0 Å². The molecule has 2 aromatic carbocycles. The van der Waals surface area contributed by atoms with Gasteiger partial charge in [0.05, 0.1) is 15.8 Å². The topological polar surface area (TPSA) is 49.4 Å². The molecule has 0 saturated carbocycles. The fraction of sp³-hybridized carbons (Fsp3) is 0.417. The molecule has 2 rings (SSSR count). The minimum absolute atomic E-state index is 0.157. The highest BCUT2D eigenvalue weighted by Gasteiger charge is 2.30. The maximum atomic E-state index is 13.3. The van der Waals surface area contributed by atoms with Crippen molar-refractivity contribution in [1.29, 1.82) is 0 Å². The van der Waals surface area contributed by atoms with Gasteiger partial charge in [-0.05, 0) is 62.6 Å². The van der Waals surface area contributed by atoms with Gasteiger partial charge >= 0.3 is 0 Å². The van der Waals surface area contributed by atoms with Crippen LogP contribution in [0.5, 0.6) is 0 Å². The van der Waals surface area contributed by atoms with Crippen LogP contribution in [0.25, 0.3) is 0 Å². The molecule has 0 heterocycles. The van der Waals surface area contributed by atoms with Crippen molar-refractivity contribution in [3.63, 3.8) is 0 Å². The van der Waals surface area contributed by atoms with Gasteiger partial charge in [-0.15, -0.1) is 11.8 Å². The van der Waals surface area contributed by atoms with Crippen molar-refractivity contribution in [1.82, 2.24) is 10.2 Å². The minimum Gasteiger partial charge on any atom is -0.350 e. The number of hydrogen-bond donors (Lipinski definition) is 1. The molecule has 8 heteroatoms. The molecule has 0 aliphatic heterocycles. The Hall–Kier alpha value is -1.76. The Balaban J connectivity index is 2.15. The Labute approximate surface area is 203 Å². The molecule has 0 radical (unpaired) electrons. The van der Waals surface area contributed by atoms with Crippen molar-refractivity contribution in [3.05, 3.63) is 69.5 Å². The Morgan fingerprint density at radius 1 is 1.06 bits per heavy atom. The third-order valence-corrected chi connectivity index (χ3v) is 6.36. The van der Waals surface area contributed by atoms with Crippen LogP contribution in [-0.2, 0) is 21.9 Å². The number of halogens is 3. The van der Waals surface area contributed by atoms with Crippen LogP contribution in [0.4, 0.5) is 4.39 Å². The first-order chi connectivity index (χ1) is 15.0. The van der Waals surface area contributed by atoms with Gasteiger partial charge in [0, 0.05) is 17.8 Å². The SMILES string of the molecule is CCC(C(=O)NC(C)(C)C)N(Cc1ccc(F)cc1)C(=O)CSCc1ccc(Cl)c(Cl)c1. The monoisotopic (exact) mass is 498 g/mol. The maximum absolute atomic E-state index is 13.3. The Morgan fingerprint density at radius 3 is 2.25 bits per heavy atom. The number of benzene rings is 2. The van der Waals surface area contributed by atoms with Gasteiger partial charge in [0.15, 0.2) is 0 Å². The molecule has 2 amide bonds. The van der Waals surface area contributed by atoms with E-state index >= 15 is 0 Å². The van der Waals surface area contributed by atoms with E-state index in [0.29, 0.717) is 22.2 Å². The Bertz CT molecular complexity index is 933. The molecule has 0 bridgehead atoms. The first kappa shape index (κ1) is 26.5. The standard InChI is InChI=1S/C24H29Cl2FN2O2S/c1-5-21(23(31)28-24(2,3)4)29(13-16-6-9-18(27)10-7-16)22(30)15-32-14-17-8-11-19(25)20(26)12-17/h6-12,21H,5,13-15H2,1-4H3,(H,28,31). The highest BCUT2D eigenvalue weighted by molar-refractivity contribution is 7.99. The van der Waals surface area contributed by atoms with E-state index < -0.39 is 11.6 Å². The van der Waals surface area contributed by atoms with Gasteiger partial charge in [-0.2, -0.15) is 0 Å². The van der Waals surface area contributed by atoms with E-state index in [9.17, 15) is 14.0 Å². The second kappa shape index (κ2) is 11.9. The number of carbonyl (C=O) groups excluding carboxylic acids is 2. The number of rotatable bonds is 9. The van der Waals surface area contributed by atoms with Crippen LogP contribution in [0.3, 0.4) is 0 Å². The van der Waals surface area contributed by atoms with Gasteiger partial charge in [-0.25, -0.2) is 4.39 Å². The third-order valence-electron chi connectivity index (χ3n) is 4.63. The minimum atomic E-state index is -0.627. The lowest BCUT2D eigenvalue weighted by Crippen LogP contribution is -2.53. The number of nitrogens with one attached hydrogen (secondary N) is 1. The lowest BCUT2D eigenvalue weighted by Gasteiger charge is -2.33. The molecule has 174 valence electrons. The number of amides is 2. The molecule has 1 unspecified atom stereocenters. The van der Waals surface area contributed by atoms with Crippen molar-refractivity contribution in [3.8, 4) is 0 Å². The van der Waals surface area contributed by atoms with E-state index in [1.165, 1.54) is 23.9 Å². The quantitative estimate of drug-likeness (QED) is 0.455. The highest BCUT2D eigenvalue weighted by Crippen LogP contribution is 2.25. The van der Waals surface area contributed by atoms with Gasteiger partial charge in [-0.1, -0.05) is 48.3 Å². The average Bonchev–Trinajstić information content (AvgIpc) is 2.70. The first-order valence-corrected chi connectivity index (χ1v) is 12.3. The second-order valence-electron chi connectivity index (χ2n) is 8.55. The maximum Gasteiger partial charge on any atom is 0.243 e. The summed E-state index contributed by atoms with van der Waals surface area (Å²) in [6.07, 6.45) is 0.465. The summed E-state index contributed by atoms with van der Waals surface area (Å²) >= 11 is 13.5. The van der Waals surface area contributed by atoms with E-state index in [-0.39, 0.29) is 29.9 Å². The van der Waals surface area contributed by atoms with Crippen molar-refractivity contribution < 1.29 is 14.0 Å². The van der Waals surface area contributed by atoms with Crippen molar-refractivity contribution in [2.75, 3.05) is 5.75 Å². The zero-order valence-electron chi connectivity index (χ0n) is 18.8. The van der Waals surface area contributed by atoms with Crippen LogP contribution in [0, 0.1) is 5.82 Å². The Morgan fingerprint density at radius 2 is 1.69 bits per heavy atom. The number of thioether (sulfide) groups is 1. The molecule has 0 fully saturated rings. The summed E-state index contributed by atoms with van der Waals surface area (Å²) in [4.78, 5) is 27.7. The zero-order valence-corrected chi connectivity index (χ0v) is 21.1. The van der Waals surface area contributed by atoms with E-state index in [0.717, 1.165) is 11.1 Å². The lowest BCUT2D eigenvalue weighted by molar-refractivity contribution is -0.140. The zero-order chi connectivity index (χ0) is 23.9. The van der Waals surface area contributed by atoms with Crippen LogP contribution < -0.4 is 5.32 Å². The third kappa shape index (κ3) is 8.30. The molecule has 0 aliphatic carbocycles. The van der Waals surface area contributed by atoms with Crippen molar-refractivity contribution in [2.45, 2.75) is 58.0 Å². The van der Waals surface area contributed by atoms with Crippen LogP contribution in [0.2, 0.25) is 10.0 Å². The predicted octanol–water partition coefficient (Wildman–Crippen LogP) is 6.09. The van der Waals surface area contributed by atoms with Crippen LogP contribution >= 0.6 is 35.0 Å². The molecule has 0 aliphatic rings. The summed E-state index contributed by atoms with van der Waals surface area (Å²) in [6, 6.07) is 10.7. The smallest absolute Gasteiger partial charge is 0.243 e. The summed E-state index contributed by atoms with van der Waals surface area (Å²) in [5, 5.41) is 3.92. The van der Waals surface area contributed by atoms with Crippen LogP contribution in [0.15, 0.2) is 42.5 Å². The summed E-state index contributed by atoms with van der Waals surface area (Å²) in [6.45, 7) is 7.80. The molecular weight excluding hydrogens is 470 g/mol. The second-order valence-corrected chi connectivity index (χ2v) is 10.4. The van der Waals surface area contributed by atoms with Crippen molar-refractivity contribution in [2.24, 2.45) is 0 Å².